The van der Waals surface area contributed by atoms with Crippen molar-refractivity contribution in [2.45, 2.75) is 41.2 Å². The Morgan fingerprint density at radius 3 is 2.64 bits per heavy atom. The van der Waals surface area contributed by atoms with Gasteiger partial charge in [-0.1, -0.05) is 26.0 Å². The summed E-state index contributed by atoms with van der Waals surface area (Å²) in [4.78, 5) is 17.2. The second-order valence-electron chi connectivity index (χ2n) is 6.87. The lowest BCUT2D eigenvalue weighted by atomic mass is 10.2. The third-order valence-corrected chi connectivity index (χ3v) is 4.39. The van der Waals surface area contributed by atoms with E-state index >= 15 is 0 Å². The van der Waals surface area contributed by atoms with Gasteiger partial charge < -0.3 is 4.57 Å². The molecule has 25 heavy (non-hydrogen) atoms. The molecule has 0 saturated carbocycles. The maximum atomic E-state index is 12.7. The lowest BCUT2D eigenvalue weighted by Gasteiger charge is -2.11. The minimum absolute atomic E-state index is 0.143. The van der Waals surface area contributed by atoms with E-state index in [0.29, 0.717) is 22.6 Å². The first kappa shape index (κ1) is 17.1. The van der Waals surface area contributed by atoms with Crippen molar-refractivity contribution in [3.63, 3.8) is 0 Å². The van der Waals surface area contributed by atoms with E-state index in [-0.39, 0.29) is 5.56 Å². The van der Waals surface area contributed by atoms with Crippen LogP contribution in [0, 0.1) is 26.7 Å². The predicted molar refractivity (Wildman–Crippen MR) is 102 cm³/mol. The standard InChI is InChI=1S/C20H24N4O/c1-13(2)12-23-14(3)10-17(15(23)4)11-21-24-16(5)22-19-9-7-6-8-18(19)20(24)25/h6-11,13H,12H2,1-5H3. The second kappa shape index (κ2) is 6.67. The molecule has 1 aromatic carbocycles. The minimum atomic E-state index is -0.143. The highest BCUT2D eigenvalue weighted by atomic mass is 16.1. The van der Waals surface area contributed by atoms with Crippen molar-refractivity contribution >= 4 is 17.1 Å². The molecule has 0 radical (unpaired) electrons. The summed E-state index contributed by atoms with van der Waals surface area (Å²) in [7, 11) is 0. The molecule has 130 valence electrons. The molecule has 3 aromatic rings. The molecule has 0 unspecified atom stereocenters. The molecule has 0 aliphatic heterocycles. The van der Waals surface area contributed by atoms with Crippen LogP contribution in [0.25, 0.3) is 10.9 Å². The molecule has 0 atom stereocenters. The average Bonchev–Trinajstić information content (AvgIpc) is 2.82. The molecule has 3 rings (SSSR count). The highest BCUT2D eigenvalue weighted by Crippen LogP contribution is 2.15. The summed E-state index contributed by atoms with van der Waals surface area (Å²) in [5.41, 5.74) is 3.95. The summed E-state index contributed by atoms with van der Waals surface area (Å²) in [5, 5.41) is 5.00. The second-order valence-corrected chi connectivity index (χ2v) is 6.87. The normalized spacial score (nSPS) is 11.9. The summed E-state index contributed by atoms with van der Waals surface area (Å²) in [6.07, 6.45) is 1.75. The Bertz CT molecular complexity index is 1010. The van der Waals surface area contributed by atoms with Gasteiger partial charge in [-0.15, -0.1) is 0 Å². The van der Waals surface area contributed by atoms with Crippen LogP contribution in [0.3, 0.4) is 0 Å². The first-order chi connectivity index (χ1) is 11.9. The quantitative estimate of drug-likeness (QED) is 0.683. The molecule has 0 N–H and O–H groups in total. The average molecular weight is 336 g/mol. The van der Waals surface area contributed by atoms with Crippen LogP contribution < -0.4 is 5.56 Å². The van der Waals surface area contributed by atoms with Gasteiger partial charge in [0.25, 0.3) is 5.56 Å². The van der Waals surface area contributed by atoms with Crippen molar-refractivity contribution in [2.24, 2.45) is 11.0 Å². The van der Waals surface area contributed by atoms with Gasteiger partial charge in [-0.05, 0) is 44.9 Å². The Morgan fingerprint density at radius 1 is 1.20 bits per heavy atom. The van der Waals surface area contributed by atoms with Crippen molar-refractivity contribution < 1.29 is 0 Å². The van der Waals surface area contributed by atoms with Crippen molar-refractivity contribution in [3.05, 3.63) is 63.5 Å². The molecule has 0 spiro atoms. The zero-order valence-corrected chi connectivity index (χ0v) is 15.4. The van der Waals surface area contributed by atoms with Crippen LogP contribution in [0.5, 0.6) is 0 Å². The van der Waals surface area contributed by atoms with Crippen LogP contribution in [-0.4, -0.2) is 20.4 Å². The zero-order chi connectivity index (χ0) is 18.1. The van der Waals surface area contributed by atoms with E-state index in [1.54, 1.807) is 19.2 Å². The fourth-order valence-corrected chi connectivity index (χ4v) is 3.10. The summed E-state index contributed by atoms with van der Waals surface area (Å²) in [5.74, 6) is 1.15. The van der Waals surface area contributed by atoms with Crippen LogP contribution in [0.2, 0.25) is 0 Å². The number of hydrogen-bond acceptors (Lipinski definition) is 3. The van der Waals surface area contributed by atoms with Crippen LogP contribution in [0.1, 0.15) is 36.6 Å². The van der Waals surface area contributed by atoms with Gasteiger partial charge in [0, 0.05) is 23.5 Å². The van der Waals surface area contributed by atoms with Crippen LogP contribution in [0.4, 0.5) is 0 Å². The molecule has 5 nitrogen and oxygen atoms in total. The van der Waals surface area contributed by atoms with E-state index in [9.17, 15) is 4.79 Å². The molecular weight excluding hydrogens is 312 g/mol. The van der Waals surface area contributed by atoms with Gasteiger partial charge in [0.1, 0.15) is 5.82 Å². The van der Waals surface area contributed by atoms with E-state index in [2.05, 4.69) is 48.4 Å². The van der Waals surface area contributed by atoms with Gasteiger partial charge >= 0.3 is 0 Å². The monoisotopic (exact) mass is 336 g/mol. The molecule has 0 saturated heterocycles. The Hall–Kier alpha value is -2.69. The van der Waals surface area contributed by atoms with Gasteiger partial charge in [-0.3, -0.25) is 4.79 Å². The predicted octanol–water partition coefficient (Wildman–Crippen LogP) is 3.66. The van der Waals surface area contributed by atoms with Crippen LogP contribution in [-0.2, 0) is 6.54 Å². The van der Waals surface area contributed by atoms with E-state index in [1.165, 1.54) is 10.4 Å². The van der Waals surface area contributed by atoms with Gasteiger partial charge in [0.05, 0.1) is 17.1 Å². The van der Waals surface area contributed by atoms with Crippen molar-refractivity contribution in [3.8, 4) is 0 Å². The zero-order valence-electron chi connectivity index (χ0n) is 15.4. The number of benzene rings is 1. The Balaban J connectivity index is 2.04. The van der Waals surface area contributed by atoms with Crippen molar-refractivity contribution in [1.82, 2.24) is 14.2 Å². The van der Waals surface area contributed by atoms with E-state index in [4.69, 9.17) is 0 Å². The molecule has 5 heteroatoms. The number of hydrogen-bond donors (Lipinski definition) is 0. The summed E-state index contributed by atoms with van der Waals surface area (Å²) >= 11 is 0. The molecule has 0 aliphatic rings. The van der Waals surface area contributed by atoms with Crippen molar-refractivity contribution in [1.29, 1.82) is 0 Å². The fraction of sp³-hybridized carbons (Fsp3) is 0.350. The lowest BCUT2D eigenvalue weighted by Crippen LogP contribution is -2.20. The SMILES string of the molecule is Cc1cc(C=Nn2c(C)nc3ccccc3c2=O)c(C)n1CC(C)C. The molecule has 2 aromatic heterocycles. The topological polar surface area (TPSA) is 52.2 Å². The highest BCUT2D eigenvalue weighted by molar-refractivity contribution is 5.82. The Labute approximate surface area is 147 Å². The Morgan fingerprint density at radius 2 is 1.92 bits per heavy atom. The summed E-state index contributed by atoms with van der Waals surface area (Å²) in [6, 6.07) is 9.46. The van der Waals surface area contributed by atoms with Gasteiger partial charge in [-0.2, -0.15) is 9.78 Å². The molecule has 0 fully saturated rings. The van der Waals surface area contributed by atoms with Crippen LogP contribution >= 0.6 is 0 Å². The third kappa shape index (κ3) is 3.27. The minimum Gasteiger partial charge on any atom is -0.348 e. The molecule has 0 bridgehead atoms. The van der Waals surface area contributed by atoms with Crippen molar-refractivity contribution in [2.75, 3.05) is 0 Å². The number of aryl methyl sites for hydroxylation is 2. The molecule has 0 amide bonds. The highest BCUT2D eigenvalue weighted by Gasteiger charge is 2.10. The fourth-order valence-electron chi connectivity index (χ4n) is 3.10. The van der Waals surface area contributed by atoms with E-state index in [1.807, 2.05) is 18.2 Å². The van der Waals surface area contributed by atoms with E-state index < -0.39 is 0 Å². The maximum Gasteiger partial charge on any atom is 0.282 e. The number of rotatable bonds is 4. The van der Waals surface area contributed by atoms with Gasteiger partial charge in [0.2, 0.25) is 0 Å². The molecule has 2 heterocycles. The number of nitrogens with zero attached hydrogens (tertiary/aromatic N) is 4. The largest absolute Gasteiger partial charge is 0.348 e. The van der Waals surface area contributed by atoms with Gasteiger partial charge in [-0.25, -0.2) is 4.98 Å². The molecular formula is C20H24N4O. The summed E-state index contributed by atoms with van der Waals surface area (Å²) in [6.45, 7) is 11.4. The first-order valence-corrected chi connectivity index (χ1v) is 8.58. The van der Waals surface area contributed by atoms with Crippen LogP contribution in [0.15, 0.2) is 40.2 Å². The number of fused-ring (bicyclic) bond motifs is 1. The first-order valence-electron chi connectivity index (χ1n) is 8.58. The lowest BCUT2D eigenvalue weighted by molar-refractivity contribution is 0.509. The van der Waals surface area contributed by atoms with Gasteiger partial charge in [0.15, 0.2) is 0 Å². The summed E-state index contributed by atoms with van der Waals surface area (Å²) < 4.78 is 3.66. The van der Waals surface area contributed by atoms with E-state index in [0.717, 1.165) is 17.8 Å². The smallest absolute Gasteiger partial charge is 0.282 e. The molecule has 0 aliphatic carbocycles. The third-order valence-electron chi connectivity index (χ3n) is 4.39. The number of aromatic nitrogens is 3. The maximum absolute atomic E-state index is 12.7. The number of para-hydroxylation sites is 1. The Kier molecular flexibility index (Phi) is 4.57.